The molecule has 29 heavy (non-hydrogen) atoms. The van der Waals surface area contributed by atoms with Gasteiger partial charge in [-0.1, -0.05) is 13.3 Å². The summed E-state index contributed by atoms with van der Waals surface area (Å²) in [6.07, 6.45) is 6.49. The summed E-state index contributed by atoms with van der Waals surface area (Å²) in [5, 5.41) is 6.86. The third-order valence-corrected chi connectivity index (χ3v) is 9.12. The first-order valence-electron chi connectivity index (χ1n) is 10.8. The van der Waals surface area contributed by atoms with E-state index in [1.54, 1.807) is 17.4 Å². The molecule has 9 heteroatoms. The first-order valence-corrected chi connectivity index (χ1v) is 13.1. The summed E-state index contributed by atoms with van der Waals surface area (Å²) >= 11 is 1.36. The molecule has 0 aliphatic carbocycles. The van der Waals surface area contributed by atoms with Crippen molar-refractivity contribution in [2.24, 2.45) is 4.99 Å². The first kappa shape index (κ1) is 22.5. The predicted octanol–water partition coefficient (Wildman–Crippen LogP) is 2.46. The van der Waals surface area contributed by atoms with E-state index in [1.165, 1.54) is 24.3 Å². The monoisotopic (exact) mass is 441 g/mol. The van der Waals surface area contributed by atoms with Crippen LogP contribution in [0.3, 0.4) is 0 Å². The molecule has 1 aromatic rings. The zero-order chi connectivity index (χ0) is 20.7. The second kappa shape index (κ2) is 10.7. The highest BCUT2D eigenvalue weighted by Gasteiger charge is 2.27. The van der Waals surface area contributed by atoms with Gasteiger partial charge in [0.1, 0.15) is 4.21 Å². The summed E-state index contributed by atoms with van der Waals surface area (Å²) in [7, 11) is -1.56. The van der Waals surface area contributed by atoms with Crippen LogP contribution >= 0.6 is 11.3 Å². The zero-order valence-electron chi connectivity index (χ0n) is 17.7. The van der Waals surface area contributed by atoms with Crippen molar-refractivity contribution in [1.82, 2.24) is 19.8 Å². The predicted molar refractivity (Wildman–Crippen MR) is 120 cm³/mol. The van der Waals surface area contributed by atoms with E-state index in [0.29, 0.717) is 29.9 Å². The maximum atomic E-state index is 12.8. The van der Waals surface area contributed by atoms with E-state index in [9.17, 15) is 8.42 Å². The highest BCUT2D eigenvalue weighted by molar-refractivity contribution is 7.91. The van der Waals surface area contributed by atoms with E-state index < -0.39 is 10.0 Å². The molecule has 2 aliphatic heterocycles. The molecule has 2 saturated heterocycles. The lowest BCUT2D eigenvalue weighted by molar-refractivity contribution is 0.206. The van der Waals surface area contributed by atoms with Crippen molar-refractivity contribution in [2.75, 3.05) is 39.8 Å². The molecule has 7 nitrogen and oxygen atoms in total. The van der Waals surface area contributed by atoms with Gasteiger partial charge >= 0.3 is 0 Å². The van der Waals surface area contributed by atoms with Crippen molar-refractivity contribution >= 4 is 27.3 Å². The maximum Gasteiger partial charge on any atom is 0.252 e. The van der Waals surface area contributed by atoms with Crippen LogP contribution in [0.5, 0.6) is 0 Å². The quantitative estimate of drug-likeness (QED) is 0.502. The SMILES string of the molecule is CCCN1CCC(NC(=NC)NCc2ccc(S(=O)(=O)N3CCCCC3)s2)CC1. The van der Waals surface area contributed by atoms with Gasteiger partial charge in [0.25, 0.3) is 10.0 Å². The number of piperidine rings is 2. The van der Waals surface area contributed by atoms with E-state index in [4.69, 9.17) is 0 Å². The first-order chi connectivity index (χ1) is 14.0. The van der Waals surface area contributed by atoms with Crippen molar-refractivity contribution in [3.63, 3.8) is 0 Å². The van der Waals surface area contributed by atoms with Gasteiger partial charge in [-0.25, -0.2) is 8.42 Å². The van der Waals surface area contributed by atoms with Crippen molar-refractivity contribution in [3.05, 3.63) is 17.0 Å². The van der Waals surface area contributed by atoms with Crippen LogP contribution < -0.4 is 10.6 Å². The summed E-state index contributed by atoms with van der Waals surface area (Å²) in [5.74, 6) is 0.785. The molecule has 0 radical (unpaired) electrons. The fourth-order valence-electron chi connectivity index (χ4n) is 4.00. The Balaban J connectivity index is 1.49. The molecule has 0 saturated carbocycles. The fourth-order valence-corrected chi connectivity index (χ4v) is 6.97. The van der Waals surface area contributed by atoms with Gasteiger partial charge in [0, 0.05) is 44.1 Å². The Morgan fingerprint density at radius 3 is 2.55 bits per heavy atom. The van der Waals surface area contributed by atoms with Crippen molar-refractivity contribution in [3.8, 4) is 0 Å². The Morgan fingerprint density at radius 2 is 1.90 bits per heavy atom. The van der Waals surface area contributed by atoms with Crippen molar-refractivity contribution in [1.29, 1.82) is 0 Å². The number of guanidine groups is 1. The molecule has 0 atom stereocenters. The zero-order valence-corrected chi connectivity index (χ0v) is 19.3. The number of hydrogen-bond donors (Lipinski definition) is 2. The molecule has 0 aromatic carbocycles. The molecule has 2 aliphatic rings. The smallest absolute Gasteiger partial charge is 0.252 e. The Hall–Kier alpha value is -1.16. The van der Waals surface area contributed by atoms with Gasteiger partial charge in [-0.15, -0.1) is 11.3 Å². The number of nitrogens with one attached hydrogen (secondary N) is 2. The molecule has 1 aromatic heterocycles. The summed E-state index contributed by atoms with van der Waals surface area (Å²) in [6, 6.07) is 4.09. The number of sulfonamides is 1. The van der Waals surface area contributed by atoms with Gasteiger partial charge in [0.05, 0.1) is 6.54 Å². The minimum absolute atomic E-state index is 0.438. The Labute approximate surface area is 179 Å². The lowest BCUT2D eigenvalue weighted by Gasteiger charge is -2.32. The van der Waals surface area contributed by atoms with Crippen LogP contribution in [0.1, 0.15) is 50.3 Å². The van der Waals surface area contributed by atoms with Gasteiger partial charge in [-0.05, 0) is 50.8 Å². The largest absolute Gasteiger partial charge is 0.354 e. The van der Waals surface area contributed by atoms with Crippen LogP contribution in [0.4, 0.5) is 0 Å². The standard InChI is InChI=1S/C20H35N5O2S2/c1-3-11-24-14-9-17(10-15-24)23-20(21-2)22-16-18-7-8-19(28-18)29(26,27)25-12-5-4-6-13-25/h7-8,17H,3-6,9-16H2,1-2H3,(H2,21,22,23). The molecule has 164 valence electrons. The minimum Gasteiger partial charge on any atom is -0.354 e. The summed E-state index contributed by atoms with van der Waals surface area (Å²) in [6.45, 7) is 7.53. The number of likely N-dealkylation sites (tertiary alicyclic amines) is 1. The van der Waals surface area contributed by atoms with Crippen LogP contribution in [0.25, 0.3) is 0 Å². The van der Waals surface area contributed by atoms with Gasteiger partial charge < -0.3 is 15.5 Å². The molecule has 3 heterocycles. The number of hydrogen-bond acceptors (Lipinski definition) is 5. The van der Waals surface area contributed by atoms with Crippen LogP contribution in [0, 0.1) is 0 Å². The Bertz CT molecular complexity index is 764. The van der Waals surface area contributed by atoms with Gasteiger partial charge in [0.2, 0.25) is 0 Å². The van der Waals surface area contributed by atoms with Gasteiger partial charge in [-0.3, -0.25) is 4.99 Å². The molecule has 3 rings (SSSR count). The van der Waals surface area contributed by atoms with Crippen LogP contribution in [-0.4, -0.2) is 69.4 Å². The molecule has 0 spiro atoms. The fraction of sp³-hybridized carbons (Fsp3) is 0.750. The average molecular weight is 442 g/mol. The van der Waals surface area contributed by atoms with Crippen LogP contribution in [0.15, 0.2) is 21.3 Å². The van der Waals surface area contributed by atoms with E-state index in [0.717, 1.165) is 56.0 Å². The average Bonchev–Trinajstić information content (AvgIpc) is 3.23. The van der Waals surface area contributed by atoms with Crippen molar-refractivity contribution < 1.29 is 8.42 Å². The molecule has 0 unspecified atom stereocenters. The molecular weight excluding hydrogens is 406 g/mol. The number of aliphatic imine (C=N–C) groups is 1. The highest BCUT2D eigenvalue weighted by atomic mass is 32.2. The highest BCUT2D eigenvalue weighted by Crippen LogP contribution is 2.27. The summed E-state index contributed by atoms with van der Waals surface area (Å²) in [5.41, 5.74) is 0. The molecule has 2 fully saturated rings. The lowest BCUT2D eigenvalue weighted by atomic mass is 10.1. The van der Waals surface area contributed by atoms with Gasteiger partial charge in [-0.2, -0.15) is 4.31 Å². The lowest BCUT2D eigenvalue weighted by Crippen LogP contribution is -2.48. The normalized spacial score (nSPS) is 20.7. The third kappa shape index (κ3) is 6.16. The van der Waals surface area contributed by atoms with Crippen LogP contribution in [0.2, 0.25) is 0 Å². The van der Waals surface area contributed by atoms with E-state index in [2.05, 4.69) is 27.4 Å². The van der Waals surface area contributed by atoms with Gasteiger partial charge in [0.15, 0.2) is 5.96 Å². The summed E-state index contributed by atoms with van der Waals surface area (Å²) < 4.78 is 27.7. The van der Waals surface area contributed by atoms with E-state index in [-0.39, 0.29) is 0 Å². The topological polar surface area (TPSA) is 77.0 Å². The number of thiophene rings is 1. The van der Waals surface area contributed by atoms with E-state index in [1.807, 2.05) is 6.07 Å². The molecule has 0 amide bonds. The van der Waals surface area contributed by atoms with Crippen LogP contribution in [-0.2, 0) is 16.6 Å². The third-order valence-electron chi connectivity index (χ3n) is 5.67. The Kier molecular flexibility index (Phi) is 8.35. The molecular formula is C20H35N5O2S2. The number of nitrogens with zero attached hydrogens (tertiary/aromatic N) is 3. The van der Waals surface area contributed by atoms with Crippen molar-refractivity contribution in [2.45, 2.75) is 62.2 Å². The number of rotatable bonds is 7. The minimum atomic E-state index is -3.34. The molecule has 2 N–H and O–H groups in total. The maximum absolute atomic E-state index is 12.8. The second-order valence-corrected chi connectivity index (χ2v) is 11.2. The second-order valence-electron chi connectivity index (χ2n) is 7.87. The molecule has 0 bridgehead atoms. The summed E-state index contributed by atoms with van der Waals surface area (Å²) in [4.78, 5) is 7.86. The van der Waals surface area contributed by atoms with E-state index >= 15 is 0 Å². The Morgan fingerprint density at radius 1 is 1.17 bits per heavy atom.